The third-order valence-electron chi connectivity index (χ3n) is 5.05. The fourth-order valence-corrected chi connectivity index (χ4v) is 4.46. The maximum Gasteiger partial charge on any atom is 0.226 e. The van der Waals surface area contributed by atoms with Crippen molar-refractivity contribution in [2.24, 2.45) is 13.0 Å². The maximum atomic E-state index is 12.8. The average molecular weight is 383 g/mol. The molecule has 2 atom stereocenters. The molecule has 1 aliphatic heterocycles. The van der Waals surface area contributed by atoms with Crippen LogP contribution in [0, 0.1) is 12.8 Å². The predicted octanol–water partition coefficient (Wildman–Crippen LogP) is 2.17. The smallest absolute Gasteiger partial charge is 0.226 e. The van der Waals surface area contributed by atoms with E-state index in [-0.39, 0.29) is 24.3 Å². The van der Waals surface area contributed by atoms with Crippen molar-refractivity contribution in [3.63, 3.8) is 0 Å². The zero-order chi connectivity index (χ0) is 19.1. The van der Waals surface area contributed by atoms with Crippen LogP contribution in [0.5, 0.6) is 0 Å². The van der Waals surface area contributed by atoms with Crippen LogP contribution in [-0.4, -0.2) is 38.3 Å². The Balaban J connectivity index is 1.51. The van der Waals surface area contributed by atoms with Crippen LogP contribution >= 0.6 is 11.3 Å². The van der Waals surface area contributed by atoms with Crippen LogP contribution < -0.4 is 5.32 Å². The summed E-state index contributed by atoms with van der Waals surface area (Å²) >= 11 is 1.57. The molecule has 0 bridgehead atoms. The monoisotopic (exact) mass is 383 g/mol. The van der Waals surface area contributed by atoms with E-state index in [0.29, 0.717) is 6.54 Å². The number of hydrogen-bond acceptors (Lipinski definition) is 5. The van der Waals surface area contributed by atoms with E-state index in [4.69, 9.17) is 0 Å². The lowest BCUT2D eigenvalue weighted by Gasteiger charge is -2.23. The molecule has 1 N–H and O–H groups in total. The molecule has 27 heavy (non-hydrogen) atoms. The van der Waals surface area contributed by atoms with E-state index in [2.05, 4.69) is 27.4 Å². The van der Waals surface area contributed by atoms with Crippen LogP contribution in [0.2, 0.25) is 0 Å². The molecule has 7 nitrogen and oxygen atoms in total. The van der Waals surface area contributed by atoms with Crippen LogP contribution in [-0.2, 0) is 23.2 Å². The maximum absolute atomic E-state index is 12.8. The molecule has 3 aromatic rings. The topological polar surface area (TPSA) is 80.1 Å². The molecular weight excluding hydrogens is 362 g/mol. The van der Waals surface area contributed by atoms with Crippen molar-refractivity contribution in [1.82, 2.24) is 24.8 Å². The molecule has 0 saturated carbocycles. The second kappa shape index (κ2) is 6.77. The van der Waals surface area contributed by atoms with Gasteiger partial charge < -0.3 is 14.8 Å². The van der Waals surface area contributed by atoms with Gasteiger partial charge in [-0.2, -0.15) is 0 Å². The Hall–Kier alpha value is -2.74. The lowest BCUT2D eigenvalue weighted by atomic mass is 9.98. The lowest BCUT2D eigenvalue weighted by molar-refractivity contribution is -0.128. The fraction of sp³-hybridized carbons (Fsp3) is 0.368. The van der Waals surface area contributed by atoms with Crippen LogP contribution in [0.3, 0.4) is 0 Å². The quantitative estimate of drug-likeness (QED) is 0.749. The SMILES string of the molecule is Cc1ccc2sc(CNC(=O)[C@H]3CC(=O)N(C)[C@@H]3c3nccn3C)nc2c1. The second-order valence-corrected chi connectivity index (χ2v) is 8.07. The summed E-state index contributed by atoms with van der Waals surface area (Å²) in [6.07, 6.45) is 3.70. The van der Waals surface area contributed by atoms with E-state index in [9.17, 15) is 9.59 Å². The number of nitrogens with one attached hydrogen (secondary N) is 1. The second-order valence-electron chi connectivity index (χ2n) is 6.95. The minimum atomic E-state index is -0.458. The number of hydrogen-bond donors (Lipinski definition) is 1. The van der Waals surface area contributed by atoms with Gasteiger partial charge in [-0.1, -0.05) is 6.07 Å². The summed E-state index contributed by atoms with van der Waals surface area (Å²) in [6, 6.07) is 5.80. The lowest BCUT2D eigenvalue weighted by Crippen LogP contribution is -2.35. The van der Waals surface area contributed by atoms with Crippen LogP contribution in [0.25, 0.3) is 10.2 Å². The number of rotatable bonds is 4. The van der Waals surface area contributed by atoms with E-state index >= 15 is 0 Å². The van der Waals surface area contributed by atoms with E-state index < -0.39 is 5.92 Å². The van der Waals surface area contributed by atoms with Gasteiger partial charge in [0, 0.05) is 32.9 Å². The number of benzene rings is 1. The Bertz CT molecular complexity index is 1020. The summed E-state index contributed by atoms with van der Waals surface area (Å²) in [7, 11) is 3.60. The Morgan fingerprint density at radius 3 is 2.93 bits per heavy atom. The van der Waals surface area contributed by atoms with E-state index in [1.165, 1.54) is 0 Å². The van der Waals surface area contributed by atoms with E-state index in [0.717, 1.165) is 26.6 Å². The number of carbonyl (C=O) groups excluding carboxylic acids is 2. The minimum Gasteiger partial charge on any atom is -0.349 e. The van der Waals surface area contributed by atoms with Crippen molar-refractivity contribution in [3.8, 4) is 0 Å². The van der Waals surface area contributed by atoms with Crippen molar-refractivity contribution < 1.29 is 9.59 Å². The van der Waals surface area contributed by atoms with E-state index in [1.54, 1.807) is 29.5 Å². The predicted molar refractivity (Wildman–Crippen MR) is 103 cm³/mol. The number of imidazole rings is 1. The Morgan fingerprint density at radius 1 is 1.37 bits per heavy atom. The Labute approximate surface area is 161 Å². The number of thiazole rings is 1. The first kappa shape index (κ1) is 17.7. The van der Waals surface area contributed by atoms with Crippen molar-refractivity contribution in [2.75, 3.05) is 7.05 Å². The highest BCUT2D eigenvalue weighted by molar-refractivity contribution is 7.18. The number of fused-ring (bicyclic) bond motifs is 1. The van der Waals surface area contributed by atoms with Gasteiger partial charge in [0.15, 0.2) is 0 Å². The molecule has 1 fully saturated rings. The molecule has 2 aromatic heterocycles. The van der Waals surface area contributed by atoms with Crippen LogP contribution in [0.1, 0.15) is 28.9 Å². The third-order valence-corrected chi connectivity index (χ3v) is 6.08. The number of amides is 2. The number of aryl methyl sites for hydroxylation is 2. The summed E-state index contributed by atoms with van der Waals surface area (Å²) in [5.41, 5.74) is 2.11. The molecule has 1 saturated heterocycles. The first-order valence-corrected chi connectivity index (χ1v) is 9.62. The highest BCUT2D eigenvalue weighted by Gasteiger charge is 2.44. The number of aromatic nitrogens is 3. The normalized spacial score (nSPS) is 19.8. The molecule has 2 amide bonds. The Morgan fingerprint density at radius 2 is 2.19 bits per heavy atom. The minimum absolute atomic E-state index is 0.0430. The molecule has 8 heteroatoms. The van der Waals surface area contributed by atoms with Crippen LogP contribution in [0.15, 0.2) is 30.6 Å². The van der Waals surface area contributed by atoms with Gasteiger partial charge in [-0.3, -0.25) is 9.59 Å². The van der Waals surface area contributed by atoms with Crippen molar-refractivity contribution in [3.05, 3.63) is 47.0 Å². The molecule has 1 aliphatic rings. The molecule has 0 unspecified atom stereocenters. The molecule has 140 valence electrons. The first-order chi connectivity index (χ1) is 12.9. The Kier molecular flexibility index (Phi) is 4.43. The first-order valence-electron chi connectivity index (χ1n) is 8.80. The zero-order valence-corrected chi connectivity index (χ0v) is 16.3. The molecular formula is C19H21N5O2S. The van der Waals surface area contributed by atoms with Gasteiger partial charge in [0.25, 0.3) is 0 Å². The molecule has 0 aliphatic carbocycles. The van der Waals surface area contributed by atoms with Gasteiger partial charge >= 0.3 is 0 Å². The molecule has 1 aromatic carbocycles. The number of likely N-dealkylation sites (tertiary alicyclic amines) is 1. The van der Waals surface area contributed by atoms with Gasteiger partial charge in [-0.05, 0) is 24.6 Å². The van der Waals surface area contributed by atoms with Crippen LogP contribution in [0.4, 0.5) is 0 Å². The summed E-state index contributed by atoms with van der Waals surface area (Å²) < 4.78 is 2.96. The summed E-state index contributed by atoms with van der Waals surface area (Å²) in [5.74, 6) is 0.0777. The highest BCUT2D eigenvalue weighted by Crippen LogP contribution is 2.36. The van der Waals surface area contributed by atoms with Gasteiger partial charge in [0.2, 0.25) is 11.8 Å². The number of nitrogens with zero attached hydrogens (tertiary/aromatic N) is 4. The fourth-order valence-electron chi connectivity index (χ4n) is 3.57. The molecule has 0 radical (unpaired) electrons. The largest absolute Gasteiger partial charge is 0.349 e. The van der Waals surface area contributed by atoms with Gasteiger partial charge in [-0.25, -0.2) is 9.97 Å². The summed E-state index contributed by atoms with van der Waals surface area (Å²) in [6.45, 7) is 2.39. The van der Waals surface area contributed by atoms with Crippen molar-refractivity contribution >= 4 is 33.4 Å². The average Bonchev–Trinajstić information content (AvgIpc) is 3.31. The van der Waals surface area contributed by atoms with Crippen molar-refractivity contribution in [2.45, 2.75) is 25.9 Å². The molecule has 0 spiro atoms. The summed E-state index contributed by atoms with van der Waals surface area (Å²) in [4.78, 5) is 35.6. The van der Waals surface area contributed by atoms with Crippen molar-refractivity contribution in [1.29, 1.82) is 0 Å². The third kappa shape index (κ3) is 3.21. The number of carbonyl (C=O) groups is 2. The summed E-state index contributed by atoms with van der Waals surface area (Å²) in [5, 5.41) is 3.82. The van der Waals surface area contributed by atoms with E-state index in [1.807, 2.05) is 30.8 Å². The van der Waals surface area contributed by atoms with Gasteiger partial charge in [0.1, 0.15) is 16.9 Å². The van der Waals surface area contributed by atoms with Gasteiger partial charge in [0.05, 0.1) is 22.7 Å². The zero-order valence-electron chi connectivity index (χ0n) is 15.5. The standard InChI is InChI=1S/C19H21N5O2S/c1-11-4-5-14-13(8-11)22-15(27-14)10-21-19(26)12-9-16(25)24(3)17(12)18-20-6-7-23(18)2/h4-8,12,17H,9-10H2,1-3H3,(H,21,26)/t12-,17-/m0/s1. The highest BCUT2D eigenvalue weighted by atomic mass is 32.1. The van der Waals surface area contributed by atoms with Gasteiger partial charge in [-0.15, -0.1) is 11.3 Å². The molecule has 3 heterocycles. The molecule has 4 rings (SSSR count).